The van der Waals surface area contributed by atoms with Crippen LogP contribution in [0.2, 0.25) is 10.0 Å². The molecule has 0 spiro atoms. The molecular formula is C16H24Cl2NO2+. The Labute approximate surface area is 137 Å². The van der Waals surface area contributed by atoms with E-state index < -0.39 is 0 Å². The van der Waals surface area contributed by atoms with E-state index in [2.05, 4.69) is 6.92 Å². The Morgan fingerprint density at radius 2 is 1.90 bits per heavy atom. The molecule has 1 saturated heterocycles. The van der Waals surface area contributed by atoms with Crippen molar-refractivity contribution >= 4 is 23.2 Å². The molecule has 0 bridgehead atoms. The van der Waals surface area contributed by atoms with Crippen molar-refractivity contribution < 1.29 is 14.4 Å². The summed E-state index contributed by atoms with van der Waals surface area (Å²) in [6, 6.07) is 5.21. The summed E-state index contributed by atoms with van der Waals surface area (Å²) in [5.41, 5.74) is 0. The molecule has 0 radical (unpaired) electrons. The Hall–Kier alpha value is -0.480. The van der Waals surface area contributed by atoms with E-state index in [0.717, 1.165) is 19.1 Å². The third kappa shape index (κ3) is 6.03. The lowest BCUT2D eigenvalue weighted by Crippen LogP contribution is -3.13. The topological polar surface area (TPSA) is 22.9 Å². The van der Waals surface area contributed by atoms with Crippen LogP contribution in [-0.2, 0) is 4.74 Å². The predicted octanol–water partition coefficient (Wildman–Crippen LogP) is 2.70. The second kappa shape index (κ2) is 8.84. The van der Waals surface area contributed by atoms with Gasteiger partial charge in [0.1, 0.15) is 18.9 Å². The Morgan fingerprint density at radius 3 is 2.67 bits per heavy atom. The van der Waals surface area contributed by atoms with Gasteiger partial charge in [-0.05, 0) is 30.9 Å². The number of hydrogen-bond donors (Lipinski definition) is 1. The molecule has 5 heteroatoms. The molecule has 0 unspecified atom stereocenters. The molecule has 0 aliphatic carbocycles. The van der Waals surface area contributed by atoms with Crippen LogP contribution in [0.25, 0.3) is 0 Å². The monoisotopic (exact) mass is 332 g/mol. The van der Waals surface area contributed by atoms with E-state index in [1.54, 1.807) is 23.1 Å². The summed E-state index contributed by atoms with van der Waals surface area (Å²) in [7, 11) is 0. The first-order valence-corrected chi connectivity index (χ1v) is 8.40. The third-order valence-corrected chi connectivity index (χ3v) is 4.51. The maximum absolute atomic E-state index is 6.02. The molecule has 1 fully saturated rings. The molecule has 0 amide bonds. The van der Waals surface area contributed by atoms with Gasteiger partial charge in [-0.15, -0.1) is 0 Å². The number of likely N-dealkylation sites (tertiary alicyclic amines) is 1. The maximum atomic E-state index is 6.02. The van der Waals surface area contributed by atoms with Crippen LogP contribution >= 0.6 is 23.2 Å². The molecule has 2 rings (SSSR count). The summed E-state index contributed by atoms with van der Waals surface area (Å²) in [6.07, 6.45) is 2.68. The van der Waals surface area contributed by atoms with Crippen molar-refractivity contribution in [3.05, 3.63) is 28.2 Å². The second-order valence-corrected chi connectivity index (χ2v) is 6.56. The molecule has 118 valence electrons. The van der Waals surface area contributed by atoms with Gasteiger partial charge in [-0.1, -0.05) is 30.1 Å². The molecule has 0 saturated carbocycles. The molecule has 0 atom stereocenters. The van der Waals surface area contributed by atoms with Crippen LogP contribution < -0.4 is 9.64 Å². The van der Waals surface area contributed by atoms with Gasteiger partial charge in [0.25, 0.3) is 0 Å². The molecule has 21 heavy (non-hydrogen) atoms. The highest BCUT2D eigenvalue weighted by Gasteiger charge is 2.18. The third-order valence-electron chi connectivity index (χ3n) is 3.96. The number of quaternary nitrogens is 1. The van der Waals surface area contributed by atoms with Crippen molar-refractivity contribution in [2.24, 2.45) is 5.92 Å². The fourth-order valence-corrected chi connectivity index (χ4v) is 2.87. The molecule has 3 nitrogen and oxygen atoms in total. The second-order valence-electron chi connectivity index (χ2n) is 5.72. The lowest BCUT2D eigenvalue weighted by molar-refractivity contribution is -0.906. The summed E-state index contributed by atoms with van der Waals surface area (Å²) >= 11 is 11.9. The van der Waals surface area contributed by atoms with E-state index in [0.29, 0.717) is 29.0 Å². The smallest absolute Gasteiger partial charge is 0.139 e. The Morgan fingerprint density at radius 1 is 1.14 bits per heavy atom. The van der Waals surface area contributed by atoms with E-state index in [1.807, 2.05) is 0 Å². The lowest BCUT2D eigenvalue weighted by atomic mass is 9.99. The zero-order valence-corrected chi connectivity index (χ0v) is 14.1. The van der Waals surface area contributed by atoms with Crippen LogP contribution in [0, 0.1) is 5.92 Å². The number of rotatable bonds is 7. The van der Waals surface area contributed by atoms with Gasteiger partial charge in [-0.2, -0.15) is 0 Å². The Kier molecular flexibility index (Phi) is 7.11. The molecule has 1 aromatic rings. The number of piperidine rings is 1. The maximum Gasteiger partial charge on any atom is 0.139 e. The van der Waals surface area contributed by atoms with Gasteiger partial charge in [0.2, 0.25) is 0 Å². The van der Waals surface area contributed by atoms with Crippen LogP contribution in [-0.4, -0.2) is 39.5 Å². The first-order valence-electron chi connectivity index (χ1n) is 7.64. The summed E-state index contributed by atoms with van der Waals surface area (Å²) in [6.45, 7) is 7.84. The van der Waals surface area contributed by atoms with Gasteiger partial charge >= 0.3 is 0 Å². The van der Waals surface area contributed by atoms with Crippen LogP contribution in [0.5, 0.6) is 5.75 Å². The fraction of sp³-hybridized carbons (Fsp3) is 0.625. The highest BCUT2D eigenvalue weighted by molar-refractivity contribution is 6.34. The summed E-state index contributed by atoms with van der Waals surface area (Å²) in [5, 5.41) is 1.20. The van der Waals surface area contributed by atoms with Crippen LogP contribution in [0.1, 0.15) is 19.8 Å². The minimum atomic E-state index is 0.492. The predicted molar refractivity (Wildman–Crippen MR) is 86.7 cm³/mol. The normalized spacial score (nSPS) is 22.2. The molecule has 1 N–H and O–H groups in total. The Balaban J connectivity index is 1.55. The molecule has 1 aromatic carbocycles. The van der Waals surface area contributed by atoms with Crippen molar-refractivity contribution in [1.29, 1.82) is 0 Å². The van der Waals surface area contributed by atoms with Crippen molar-refractivity contribution in [3.63, 3.8) is 0 Å². The molecule has 1 aliphatic heterocycles. The number of benzene rings is 1. The highest BCUT2D eigenvalue weighted by Crippen LogP contribution is 2.27. The number of nitrogens with one attached hydrogen (secondary N) is 1. The van der Waals surface area contributed by atoms with E-state index >= 15 is 0 Å². The van der Waals surface area contributed by atoms with Gasteiger partial charge in [0, 0.05) is 11.1 Å². The fourth-order valence-electron chi connectivity index (χ4n) is 2.54. The molecule has 0 aromatic heterocycles. The van der Waals surface area contributed by atoms with E-state index in [-0.39, 0.29) is 0 Å². The van der Waals surface area contributed by atoms with Crippen LogP contribution in [0.15, 0.2) is 18.2 Å². The van der Waals surface area contributed by atoms with E-state index in [9.17, 15) is 0 Å². The van der Waals surface area contributed by atoms with Gasteiger partial charge < -0.3 is 14.4 Å². The average Bonchev–Trinajstić information content (AvgIpc) is 2.48. The van der Waals surface area contributed by atoms with E-state index in [4.69, 9.17) is 32.7 Å². The van der Waals surface area contributed by atoms with Crippen molar-refractivity contribution in [2.45, 2.75) is 19.8 Å². The average molecular weight is 333 g/mol. The molecular weight excluding hydrogens is 309 g/mol. The van der Waals surface area contributed by atoms with Crippen molar-refractivity contribution in [3.8, 4) is 5.75 Å². The SMILES string of the molecule is CC1CC[NH+](CCOCCOc2cc(Cl)ccc2Cl)CC1. The summed E-state index contributed by atoms with van der Waals surface area (Å²) in [5.74, 6) is 1.51. The number of hydrogen-bond acceptors (Lipinski definition) is 2. The molecule has 1 aliphatic rings. The van der Waals surface area contributed by atoms with Gasteiger partial charge in [-0.3, -0.25) is 0 Å². The largest absolute Gasteiger partial charge is 0.490 e. The lowest BCUT2D eigenvalue weighted by Gasteiger charge is -2.27. The highest BCUT2D eigenvalue weighted by atomic mass is 35.5. The van der Waals surface area contributed by atoms with Gasteiger partial charge in [-0.25, -0.2) is 0 Å². The van der Waals surface area contributed by atoms with Crippen molar-refractivity contribution in [2.75, 3.05) is 39.5 Å². The number of ether oxygens (including phenoxy) is 2. The van der Waals surface area contributed by atoms with Crippen LogP contribution in [0.4, 0.5) is 0 Å². The zero-order valence-electron chi connectivity index (χ0n) is 12.5. The van der Waals surface area contributed by atoms with E-state index in [1.165, 1.54) is 25.9 Å². The molecule has 1 heterocycles. The Bertz CT molecular complexity index is 434. The van der Waals surface area contributed by atoms with Crippen LogP contribution in [0.3, 0.4) is 0 Å². The van der Waals surface area contributed by atoms with Gasteiger partial charge in [0.15, 0.2) is 0 Å². The minimum Gasteiger partial charge on any atom is -0.490 e. The first kappa shape index (κ1) is 16.9. The first-order chi connectivity index (χ1) is 10.1. The number of halogens is 2. The standard InChI is InChI=1S/C16H23Cl2NO2/c1-13-4-6-19(7-5-13)8-9-20-10-11-21-16-12-14(17)2-3-15(16)18/h2-3,12-13H,4-11H2,1H3/p+1. The summed E-state index contributed by atoms with van der Waals surface area (Å²) in [4.78, 5) is 1.66. The van der Waals surface area contributed by atoms with Crippen molar-refractivity contribution in [1.82, 2.24) is 0 Å². The van der Waals surface area contributed by atoms with Gasteiger partial charge in [0.05, 0.1) is 31.3 Å². The zero-order chi connectivity index (χ0) is 15.1. The quantitative estimate of drug-likeness (QED) is 0.776. The minimum absolute atomic E-state index is 0.492. The summed E-state index contributed by atoms with van der Waals surface area (Å²) < 4.78 is 11.2.